The van der Waals surface area contributed by atoms with E-state index >= 15 is 0 Å². The average Bonchev–Trinajstić information content (AvgIpc) is 3.54. The molecular weight excluding hydrogens is 422 g/mol. The zero-order valence-electron chi connectivity index (χ0n) is 18.4. The lowest BCUT2D eigenvalue weighted by Gasteiger charge is -2.35. The highest BCUT2D eigenvalue weighted by Gasteiger charge is 2.21. The predicted molar refractivity (Wildman–Crippen MR) is 125 cm³/mol. The number of aliphatic hydroxyl groups is 1. The number of hydrogen-bond acceptors (Lipinski definition) is 7. The molecule has 3 aromatic rings. The van der Waals surface area contributed by atoms with Gasteiger partial charge < -0.3 is 25.1 Å². The van der Waals surface area contributed by atoms with Gasteiger partial charge in [0.1, 0.15) is 18.0 Å². The van der Waals surface area contributed by atoms with E-state index in [0.29, 0.717) is 43.1 Å². The van der Waals surface area contributed by atoms with E-state index in [0.717, 1.165) is 37.4 Å². The number of carbonyl (C=O) groups excluding carboxylic acids is 2. The fourth-order valence-electron chi connectivity index (χ4n) is 4.41. The van der Waals surface area contributed by atoms with Crippen molar-refractivity contribution in [3.8, 4) is 0 Å². The molecule has 4 heterocycles. The molecule has 10 heteroatoms. The Labute approximate surface area is 191 Å². The van der Waals surface area contributed by atoms with Crippen LogP contribution in [-0.2, 0) is 4.79 Å². The molecule has 2 aliphatic rings. The van der Waals surface area contributed by atoms with Crippen molar-refractivity contribution in [3.05, 3.63) is 48.3 Å². The minimum Gasteiger partial charge on any atom is -0.387 e. The summed E-state index contributed by atoms with van der Waals surface area (Å²) < 4.78 is 1.62. The summed E-state index contributed by atoms with van der Waals surface area (Å²) in [4.78, 5) is 35.4. The highest BCUT2D eigenvalue weighted by molar-refractivity contribution is 6.08. The summed E-state index contributed by atoms with van der Waals surface area (Å²) in [6.07, 6.45) is 5.71. The minimum atomic E-state index is -0.448. The summed E-state index contributed by atoms with van der Waals surface area (Å²) in [5.41, 5.74) is 2.69. The average molecular weight is 450 g/mol. The van der Waals surface area contributed by atoms with Crippen molar-refractivity contribution in [2.24, 2.45) is 0 Å². The van der Waals surface area contributed by atoms with Gasteiger partial charge in [0.2, 0.25) is 5.91 Å². The number of aromatic nitrogens is 3. The molecule has 5 rings (SSSR count). The molecule has 0 unspecified atom stereocenters. The third kappa shape index (κ3) is 4.34. The summed E-state index contributed by atoms with van der Waals surface area (Å²) >= 11 is 0. The van der Waals surface area contributed by atoms with E-state index in [-0.39, 0.29) is 11.8 Å². The van der Waals surface area contributed by atoms with Gasteiger partial charge in [-0.25, -0.2) is 9.50 Å². The molecular formula is C23H27N7O3. The van der Waals surface area contributed by atoms with Crippen LogP contribution < -0.4 is 15.1 Å². The first-order chi connectivity index (χ1) is 16.1. The number of carbonyl (C=O) groups is 2. The zero-order chi connectivity index (χ0) is 22.8. The fraction of sp³-hybridized carbons (Fsp3) is 0.391. The Bertz CT molecular complexity index is 1150. The maximum absolute atomic E-state index is 13.0. The third-order valence-corrected chi connectivity index (χ3v) is 6.29. The van der Waals surface area contributed by atoms with Gasteiger partial charge in [-0.3, -0.25) is 9.59 Å². The molecule has 10 nitrogen and oxygen atoms in total. The molecule has 2 aliphatic heterocycles. The first kappa shape index (κ1) is 21.2. The largest absolute Gasteiger partial charge is 0.387 e. The van der Waals surface area contributed by atoms with Gasteiger partial charge >= 0.3 is 0 Å². The minimum absolute atomic E-state index is 0.234. The van der Waals surface area contributed by atoms with E-state index in [1.807, 2.05) is 36.5 Å². The highest BCUT2D eigenvalue weighted by Crippen LogP contribution is 2.22. The molecule has 1 aromatic carbocycles. The number of anilines is 3. The van der Waals surface area contributed by atoms with Crippen LogP contribution in [0.15, 0.2) is 42.7 Å². The SMILES string of the molecule is O=C(Nc1ccc(N2CCN(C(=O)CO)CC2)cc1)c1cnn2ccc(N3CCCC3)nc12. The smallest absolute Gasteiger partial charge is 0.261 e. The second-order valence-electron chi connectivity index (χ2n) is 8.33. The Balaban J connectivity index is 1.25. The van der Waals surface area contributed by atoms with E-state index < -0.39 is 6.61 Å². The van der Waals surface area contributed by atoms with Crippen LogP contribution in [0.2, 0.25) is 0 Å². The monoisotopic (exact) mass is 449 g/mol. The van der Waals surface area contributed by atoms with Gasteiger partial charge in [-0.05, 0) is 43.2 Å². The predicted octanol–water partition coefficient (Wildman–Crippen LogP) is 1.22. The number of aliphatic hydroxyl groups excluding tert-OH is 1. The van der Waals surface area contributed by atoms with Crippen LogP contribution >= 0.6 is 0 Å². The molecule has 0 atom stereocenters. The molecule has 0 spiro atoms. The molecule has 0 radical (unpaired) electrons. The summed E-state index contributed by atoms with van der Waals surface area (Å²) in [5.74, 6) is 0.391. The normalized spacial score (nSPS) is 16.5. The topological polar surface area (TPSA) is 106 Å². The number of nitrogens with zero attached hydrogens (tertiary/aromatic N) is 6. The number of hydrogen-bond donors (Lipinski definition) is 2. The molecule has 33 heavy (non-hydrogen) atoms. The van der Waals surface area contributed by atoms with Gasteiger partial charge in [-0.15, -0.1) is 0 Å². The number of rotatable bonds is 5. The van der Waals surface area contributed by atoms with Crippen LogP contribution in [0.25, 0.3) is 5.65 Å². The van der Waals surface area contributed by atoms with E-state index in [4.69, 9.17) is 10.1 Å². The van der Waals surface area contributed by atoms with Crippen molar-refractivity contribution in [1.82, 2.24) is 19.5 Å². The molecule has 2 N–H and O–H groups in total. The molecule has 2 aromatic heterocycles. The van der Waals surface area contributed by atoms with Crippen LogP contribution in [0.1, 0.15) is 23.2 Å². The van der Waals surface area contributed by atoms with Crippen molar-refractivity contribution in [1.29, 1.82) is 0 Å². The summed E-state index contributed by atoms with van der Waals surface area (Å²) in [6.45, 7) is 4.08. The third-order valence-electron chi connectivity index (χ3n) is 6.29. The van der Waals surface area contributed by atoms with E-state index in [1.165, 1.54) is 0 Å². The number of piperazine rings is 1. The van der Waals surface area contributed by atoms with Gasteiger partial charge in [-0.2, -0.15) is 5.10 Å². The van der Waals surface area contributed by atoms with Gasteiger partial charge in [0.05, 0.1) is 6.20 Å². The highest BCUT2D eigenvalue weighted by atomic mass is 16.3. The van der Waals surface area contributed by atoms with Gasteiger partial charge in [-0.1, -0.05) is 0 Å². The number of benzene rings is 1. The molecule has 2 amide bonds. The molecule has 2 saturated heterocycles. The Morgan fingerprint density at radius 3 is 2.36 bits per heavy atom. The van der Waals surface area contributed by atoms with E-state index in [9.17, 15) is 9.59 Å². The number of nitrogens with one attached hydrogen (secondary N) is 1. The van der Waals surface area contributed by atoms with Gasteiger partial charge in [0.15, 0.2) is 5.65 Å². The molecule has 172 valence electrons. The lowest BCUT2D eigenvalue weighted by atomic mass is 10.2. The lowest BCUT2D eigenvalue weighted by molar-refractivity contribution is -0.134. The molecule has 2 fully saturated rings. The Morgan fingerprint density at radius 1 is 0.939 bits per heavy atom. The summed E-state index contributed by atoms with van der Waals surface area (Å²) in [6, 6.07) is 9.59. The second kappa shape index (κ2) is 9.07. The van der Waals surface area contributed by atoms with Crippen LogP contribution in [-0.4, -0.2) is 82.3 Å². The van der Waals surface area contributed by atoms with Crippen LogP contribution in [0, 0.1) is 0 Å². The van der Waals surface area contributed by atoms with Gasteiger partial charge in [0.25, 0.3) is 5.91 Å². The standard InChI is InChI=1S/C23H27N7O3/c31-16-21(32)29-13-11-27(12-14-29)18-5-3-17(4-6-18)25-23(33)19-15-24-30-10-7-20(26-22(19)30)28-8-1-2-9-28/h3-7,10,15,31H,1-2,8-9,11-14,16H2,(H,25,33). The van der Waals surface area contributed by atoms with E-state index in [1.54, 1.807) is 15.6 Å². The molecule has 0 saturated carbocycles. The second-order valence-corrected chi connectivity index (χ2v) is 8.33. The fourth-order valence-corrected chi connectivity index (χ4v) is 4.41. The van der Waals surface area contributed by atoms with Crippen LogP contribution in [0.5, 0.6) is 0 Å². The quantitative estimate of drug-likeness (QED) is 0.603. The molecule has 0 aliphatic carbocycles. The van der Waals surface area contributed by atoms with Crippen LogP contribution in [0.4, 0.5) is 17.2 Å². The maximum atomic E-state index is 13.0. The maximum Gasteiger partial charge on any atom is 0.261 e. The van der Waals surface area contributed by atoms with E-state index in [2.05, 4.69) is 20.2 Å². The van der Waals surface area contributed by atoms with Crippen molar-refractivity contribution in [2.75, 3.05) is 61.0 Å². The Kier molecular flexibility index (Phi) is 5.82. The van der Waals surface area contributed by atoms with Gasteiger partial charge in [0, 0.05) is 56.8 Å². The van der Waals surface area contributed by atoms with Crippen LogP contribution in [0.3, 0.4) is 0 Å². The Hall–Kier alpha value is -3.66. The number of fused-ring (bicyclic) bond motifs is 1. The van der Waals surface area contributed by atoms with Crippen molar-refractivity contribution in [3.63, 3.8) is 0 Å². The first-order valence-corrected chi connectivity index (χ1v) is 11.3. The summed E-state index contributed by atoms with van der Waals surface area (Å²) in [5, 5.41) is 16.2. The van der Waals surface area contributed by atoms with Crippen molar-refractivity contribution in [2.45, 2.75) is 12.8 Å². The number of amides is 2. The summed E-state index contributed by atoms with van der Waals surface area (Å²) in [7, 11) is 0. The first-order valence-electron chi connectivity index (χ1n) is 11.3. The zero-order valence-corrected chi connectivity index (χ0v) is 18.4. The van der Waals surface area contributed by atoms with Crippen molar-refractivity contribution < 1.29 is 14.7 Å². The molecule has 0 bridgehead atoms. The lowest BCUT2D eigenvalue weighted by Crippen LogP contribution is -2.49. The Morgan fingerprint density at radius 2 is 1.67 bits per heavy atom. The van der Waals surface area contributed by atoms with Crippen molar-refractivity contribution >= 4 is 34.7 Å².